The van der Waals surface area contributed by atoms with E-state index in [2.05, 4.69) is 15.6 Å². The maximum Gasteiger partial charge on any atom is 0.191 e. The van der Waals surface area contributed by atoms with Gasteiger partial charge in [-0.2, -0.15) is 0 Å². The molecule has 0 fully saturated rings. The smallest absolute Gasteiger partial charge is 0.191 e. The van der Waals surface area contributed by atoms with Crippen molar-refractivity contribution in [2.75, 3.05) is 13.1 Å². The lowest BCUT2D eigenvalue weighted by atomic mass is 10.1. The summed E-state index contributed by atoms with van der Waals surface area (Å²) in [6, 6.07) is 5.28. The molecule has 1 heterocycles. The number of aliphatic imine (C=N–C) groups is 1. The van der Waals surface area contributed by atoms with Gasteiger partial charge in [0.05, 0.1) is 0 Å². The number of guanidine groups is 1. The fourth-order valence-corrected chi connectivity index (χ4v) is 1.58. The highest BCUT2D eigenvalue weighted by Crippen LogP contribution is 2.08. The second-order valence-corrected chi connectivity index (χ2v) is 3.95. The molecule has 0 unspecified atom stereocenters. The second kappa shape index (κ2) is 6.78. The van der Waals surface area contributed by atoms with Crippen molar-refractivity contribution in [3.05, 3.63) is 35.1 Å². The van der Waals surface area contributed by atoms with Crippen molar-refractivity contribution < 1.29 is 4.39 Å². The molecular formula is C12H17FIN3. The lowest BCUT2D eigenvalue weighted by molar-refractivity contribution is 0.615. The first-order valence-corrected chi connectivity index (χ1v) is 5.53. The number of halogens is 2. The number of benzene rings is 1. The van der Waals surface area contributed by atoms with Crippen LogP contribution in [-0.4, -0.2) is 19.0 Å². The Morgan fingerprint density at radius 1 is 1.47 bits per heavy atom. The van der Waals surface area contributed by atoms with Crippen molar-refractivity contribution in [2.24, 2.45) is 4.99 Å². The molecule has 2 rings (SSSR count). The zero-order valence-corrected chi connectivity index (χ0v) is 12.1. The van der Waals surface area contributed by atoms with Gasteiger partial charge in [0.15, 0.2) is 5.96 Å². The normalized spacial score (nSPS) is 14.4. The zero-order valence-electron chi connectivity index (χ0n) is 9.79. The first-order chi connectivity index (χ1) is 7.75. The molecule has 0 saturated heterocycles. The van der Waals surface area contributed by atoms with Gasteiger partial charge >= 0.3 is 0 Å². The molecule has 0 spiro atoms. The van der Waals surface area contributed by atoms with Crippen molar-refractivity contribution >= 4 is 29.9 Å². The third-order valence-corrected chi connectivity index (χ3v) is 2.59. The van der Waals surface area contributed by atoms with Crippen molar-refractivity contribution in [2.45, 2.75) is 19.9 Å². The summed E-state index contributed by atoms with van der Waals surface area (Å²) in [5.41, 5.74) is 1.61. The first-order valence-electron chi connectivity index (χ1n) is 5.53. The van der Waals surface area contributed by atoms with Crippen molar-refractivity contribution in [1.29, 1.82) is 0 Å². The van der Waals surface area contributed by atoms with Crippen LogP contribution < -0.4 is 10.6 Å². The van der Waals surface area contributed by atoms with E-state index in [0.29, 0.717) is 12.1 Å². The molecule has 0 atom stereocenters. The van der Waals surface area contributed by atoms with Crippen LogP contribution in [0.2, 0.25) is 0 Å². The zero-order chi connectivity index (χ0) is 11.4. The molecule has 17 heavy (non-hydrogen) atoms. The van der Waals surface area contributed by atoms with Crippen LogP contribution in [0.15, 0.2) is 23.2 Å². The summed E-state index contributed by atoms with van der Waals surface area (Å²) in [6.45, 7) is 4.17. The lowest BCUT2D eigenvalue weighted by Gasteiger charge is -2.16. The van der Waals surface area contributed by atoms with Crippen molar-refractivity contribution in [1.82, 2.24) is 10.6 Å². The molecule has 1 aromatic rings. The lowest BCUT2D eigenvalue weighted by Crippen LogP contribution is -2.40. The molecule has 2 N–H and O–H groups in total. The molecular weight excluding hydrogens is 332 g/mol. The van der Waals surface area contributed by atoms with E-state index in [1.54, 1.807) is 19.1 Å². The Bertz CT molecular complexity index is 407. The van der Waals surface area contributed by atoms with Crippen LogP contribution in [0.5, 0.6) is 0 Å². The maximum absolute atomic E-state index is 13.3. The number of aryl methyl sites for hydroxylation is 1. The van der Waals surface area contributed by atoms with Gasteiger partial charge in [-0.1, -0.05) is 12.1 Å². The molecule has 1 aliphatic rings. The average molecular weight is 349 g/mol. The van der Waals surface area contributed by atoms with Gasteiger partial charge in [-0.3, -0.25) is 4.99 Å². The third-order valence-electron chi connectivity index (χ3n) is 2.59. The summed E-state index contributed by atoms with van der Waals surface area (Å²) in [5, 5.41) is 6.32. The average Bonchev–Trinajstić information content (AvgIpc) is 2.32. The van der Waals surface area contributed by atoms with Crippen LogP contribution in [0.1, 0.15) is 17.5 Å². The van der Waals surface area contributed by atoms with Crippen LogP contribution in [0.3, 0.4) is 0 Å². The van der Waals surface area contributed by atoms with Gasteiger partial charge in [-0.05, 0) is 30.5 Å². The standard InChI is InChI=1S/C12H16FN3.HI/c1-9-3-4-10(7-11(9)13)8-16-12-14-5-2-6-15-12;/h3-4,7H,2,5-6,8H2,1H3,(H2,14,15,16);1H. The fraction of sp³-hybridized carbons (Fsp3) is 0.417. The van der Waals surface area contributed by atoms with Crippen molar-refractivity contribution in [3.63, 3.8) is 0 Å². The summed E-state index contributed by atoms with van der Waals surface area (Å²) in [6.07, 6.45) is 1.07. The van der Waals surface area contributed by atoms with Gasteiger partial charge in [0.1, 0.15) is 5.82 Å². The summed E-state index contributed by atoms with van der Waals surface area (Å²) in [5.74, 6) is 0.657. The summed E-state index contributed by atoms with van der Waals surface area (Å²) in [4.78, 5) is 4.29. The summed E-state index contributed by atoms with van der Waals surface area (Å²) < 4.78 is 13.3. The number of nitrogens with zero attached hydrogens (tertiary/aromatic N) is 1. The maximum atomic E-state index is 13.3. The van der Waals surface area contributed by atoms with Crippen molar-refractivity contribution in [3.8, 4) is 0 Å². The van der Waals surface area contributed by atoms with Crippen LogP contribution in [0, 0.1) is 12.7 Å². The highest BCUT2D eigenvalue weighted by atomic mass is 127. The minimum absolute atomic E-state index is 0. The molecule has 0 bridgehead atoms. The molecule has 0 aliphatic carbocycles. The van der Waals surface area contributed by atoms with E-state index >= 15 is 0 Å². The third kappa shape index (κ3) is 4.14. The predicted molar refractivity (Wildman–Crippen MR) is 78.3 cm³/mol. The van der Waals surface area contributed by atoms with Gasteiger partial charge in [0, 0.05) is 19.6 Å². The van der Waals surface area contributed by atoms with Crippen LogP contribution in [-0.2, 0) is 6.54 Å². The molecule has 3 nitrogen and oxygen atoms in total. The van der Waals surface area contributed by atoms with Gasteiger partial charge in [-0.15, -0.1) is 24.0 Å². The molecule has 0 amide bonds. The van der Waals surface area contributed by atoms with E-state index in [1.165, 1.54) is 0 Å². The van der Waals surface area contributed by atoms with E-state index in [4.69, 9.17) is 0 Å². The van der Waals surface area contributed by atoms with E-state index in [0.717, 1.165) is 31.0 Å². The number of rotatable bonds is 2. The molecule has 0 radical (unpaired) electrons. The Morgan fingerprint density at radius 2 is 2.29 bits per heavy atom. The summed E-state index contributed by atoms with van der Waals surface area (Å²) >= 11 is 0. The van der Waals surface area contributed by atoms with E-state index in [-0.39, 0.29) is 29.8 Å². The molecule has 0 aromatic heterocycles. The van der Waals surface area contributed by atoms with E-state index < -0.39 is 0 Å². The highest BCUT2D eigenvalue weighted by molar-refractivity contribution is 14.0. The van der Waals surface area contributed by atoms with Gasteiger partial charge in [0.2, 0.25) is 0 Å². The van der Waals surface area contributed by atoms with Crippen LogP contribution in [0.4, 0.5) is 4.39 Å². The SMILES string of the molecule is Cc1ccc(CNC2=NCCCN2)cc1F.I. The largest absolute Gasteiger partial charge is 0.356 e. The second-order valence-electron chi connectivity index (χ2n) is 3.95. The minimum Gasteiger partial charge on any atom is -0.356 e. The quantitative estimate of drug-likeness (QED) is 0.804. The Kier molecular flexibility index (Phi) is 5.67. The molecule has 1 aromatic carbocycles. The molecule has 94 valence electrons. The Hall–Kier alpha value is -0.850. The van der Waals surface area contributed by atoms with Crippen LogP contribution >= 0.6 is 24.0 Å². The Labute approximate surface area is 118 Å². The highest BCUT2D eigenvalue weighted by Gasteiger charge is 2.04. The van der Waals surface area contributed by atoms with Gasteiger partial charge < -0.3 is 10.6 Å². The van der Waals surface area contributed by atoms with Gasteiger partial charge in [-0.25, -0.2) is 4.39 Å². The minimum atomic E-state index is -0.155. The predicted octanol–water partition coefficient (Wildman–Crippen LogP) is 2.19. The topological polar surface area (TPSA) is 36.4 Å². The molecule has 1 aliphatic heterocycles. The van der Waals surface area contributed by atoms with Gasteiger partial charge in [0.25, 0.3) is 0 Å². The molecule has 0 saturated carbocycles. The Morgan fingerprint density at radius 3 is 2.94 bits per heavy atom. The van der Waals surface area contributed by atoms with E-state index in [9.17, 15) is 4.39 Å². The number of nitrogens with one attached hydrogen (secondary N) is 2. The first kappa shape index (κ1) is 14.2. The summed E-state index contributed by atoms with van der Waals surface area (Å²) in [7, 11) is 0. The number of hydrogen-bond acceptors (Lipinski definition) is 3. The Balaban J connectivity index is 0.00000144. The molecule has 5 heteroatoms. The van der Waals surface area contributed by atoms with E-state index in [1.807, 2.05) is 6.07 Å². The fourth-order valence-electron chi connectivity index (χ4n) is 1.58. The van der Waals surface area contributed by atoms with Crippen LogP contribution in [0.25, 0.3) is 0 Å². The number of hydrogen-bond donors (Lipinski definition) is 2. The monoisotopic (exact) mass is 349 g/mol.